The lowest BCUT2D eigenvalue weighted by molar-refractivity contribution is 0.448. The first-order chi connectivity index (χ1) is 7.31. The summed E-state index contributed by atoms with van der Waals surface area (Å²) in [5.74, 6) is 0.725. The normalized spacial score (nSPS) is 18.3. The highest BCUT2D eigenvalue weighted by Crippen LogP contribution is 2.40. The van der Waals surface area contributed by atoms with Gasteiger partial charge in [-0.2, -0.15) is 0 Å². The van der Waals surface area contributed by atoms with Gasteiger partial charge in [0.05, 0.1) is 5.02 Å². The highest BCUT2D eigenvalue weighted by Gasteiger charge is 2.20. The fourth-order valence-corrected chi connectivity index (χ4v) is 4.04. The van der Waals surface area contributed by atoms with E-state index in [1.165, 1.54) is 41.9 Å². The number of halogens is 1. The minimum atomic E-state index is 0.723. The number of hydrogen-bond acceptors (Lipinski definition) is 2. The third-order valence-electron chi connectivity index (χ3n) is 3.13. The molecule has 1 aliphatic rings. The van der Waals surface area contributed by atoms with Crippen molar-refractivity contribution < 1.29 is 0 Å². The Morgan fingerprint density at radius 2 is 2.07 bits per heavy atom. The molecule has 0 aliphatic heterocycles. The molecule has 15 heavy (non-hydrogen) atoms. The molecule has 84 valence electrons. The summed E-state index contributed by atoms with van der Waals surface area (Å²) in [5.41, 5.74) is 5.56. The second-order valence-electron chi connectivity index (χ2n) is 4.30. The molecule has 0 spiro atoms. The number of nitrogens with two attached hydrogens (primary N) is 1. The first-order valence-corrected chi connectivity index (χ1v) is 6.99. The van der Waals surface area contributed by atoms with Gasteiger partial charge in [0, 0.05) is 9.75 Å². The standard InChI is InChI=1S/C12H18ClNS/c13-11-8-10(6-7-14)15-12(11)9-4-2-1-3-5-9/h8-9H,1-7,14H2. The summed E-state index contributed by atoms with van der Waals surface area (Å²) >= 11 is 8.16. The van der Waals surface area contributed by atoms with Crippen LogP contribution in [0.5, 0.6) is 0 Å². The minimum Gasteiger partial charge on any atom is -0.330 e. The topological polar surface area (TPSA) is 26.0 Å². The van der Waals surface area contributed by atoms with E-state index in [-0.39, 0.29) is 0 Å². The van der Waals surface area contributed by atoms with Crippen molar-refractivity contribution in [3.8, 4) is 0 Å². The molecule has 1 fully saturated rings. The van der Waals surface area contributed by atoms with Crippen molar-refractivity contribution in [2.75, 3.05) is 6.54 Å². The summed E-state index contributed by atoms with van der Waals surface area (Å²) in [6.07, 6.45) is 7.74. The minimum absolute atomic E-state index is 0.723. The van der Waals surface area contributed by atoms with Crippen molar-refractivity contribution in [3.05, 3.63) is 20.8 Å². The monoisotopic (exact) mass is 243 g/mol. The molecule has 0 bridgehead atoms. The molecule has 3 heteroatoms. The van der Waals surface area contributed by atoms with Crippen LogP contribution in [0.15, 0.2) is 6.07 Å². The molecule has 2 N–H and O–H groups in total. The highest BCUT2D eigenvalue weighted by molar-refractivity contribution is 7.12. The van der Waals surface area contributed by atoms with Crippen LogP contribution in [0.3, 0.4) is 0 Å². The Morgan fingerprint density at radius 3 is 2.73 bits per heavy atom. The fraction of sp³-hybridized carbons (Fsp3) is 0.667. The average Bonchev–Trinajstić information content (AvgIpc) is 2.61. The molecule has 0 amide bonds. The van der Waals surface area contributed by atoms with Gasteiger partial charge in [-0.25, -0.2) is 0 Å². The molecule has 1 saturated carbocycles. The molecule has 1 heterocycles. The summed E-state index contributed by atoms with van der Waals surface area (Å²) in [6.45, 7) is 0.723. The first kappa shape index (κ1) is 11.4. The molecule has 0 atom stereocenters. The second kappa shape index (κ2) is 5.33. The van der Waals surface area contributed by atoms with Crippen LogP contribution in [0, 0.1) is 0 Å². The van der Waals surface area contributed by atoms with E-state index < -0.39 is 0 Å². The molecule has 0 aromatic carbocycles. The number of hydrogen-bond donors (Lipinski definition) is 1. The summed E-state index contributed by atoms with van der Waals surface area (Å²) < 4.78 is 0. The van der Waals surface area contributed by atoms with E-state index in [0.717, 1.165) is 23.9 Å². The van der Waals surface area contributed by atoms with Crippen LogP contribution in [-0.2, 0) is 6.42 Å². The Hall–Kier alpha value is -0.0500. The van der Waals surface area contributed by atoms with E-state index in [4.69, 9.17) is 17.3 Å². The van der Waals surface area contributed by atoms with E-state index in [2.05, 4.69) is 6.07 Å². The Labute approximate surface area is 101 Å². The van der Waals surface area contributed by atoms with Gasteiger partial charge in [0.25, 0.3) is 0 Å². The van der Waals surface area contributed by atoms with Gasteiger partial charge in [-0.15, -0.1) is 11.3 Å². The first-order valence-electron chi connectivity index (χ1n) is 5.79. The van der Waals surface area contributed by atoms with Crippen molar-refractivity contribution in [2.24, 2.45) is 5.73 Å². The predicted molar refractivity (Wildman–Crippen MR) is 67.9 cm³/mol. The summed E-state index contributed by atoms with van der Waals surface area (Å²) in [4.78, 5) is 2.77. The van der Waals surface area contributed by atoms with Crippen molar-refractivity contribution in [3.63, 3.8) is 0 Å². The third kappa shape index (κ3) is 2.74. The molecule has 1 nitrogen and oxygen atoms in total. The third-order valence-corrected chi connectivity index (χ3v) is 4.91. The summed E-state index contributed by atoms with van der Waals surface area (Å²) in [5, 5.41) is 0.982. The Kier molecular flexibility index (Phi) is 4.06. The van der Waals surface area contributed by atoms with Gasteiger partial charge >= 0.3 is 0 Å². The maximum atomic E-state index is 6.28. The molecule has 1 aromatic heterocycles. The van der Waals surface area contributed by atoms with E-state index in [1.807, 2.05) is 11.3 Å². The lowest BCUT2D eigenvalue weighted by Crippen LogP contribution is -2.03. The zero-order valence-electron chi connectivity index (χ0n) is 8.97. The molecule has 1 aliphatic carbocycles. The molecule has 2 rings (SSSR count). The van der Waals surface area contributed by atoms with Crippen LogP contribution in [0.2, 0.25) is 5.02 Å². The van der Waals surface area contributed by atoms with Gasteiger partial charge in [-0.3, -0.25) is 0 Å². The Morgan fingerprint density at radius 1 is 1.33 bits per heavy atom. The van der Waals surface area contributed by atoms with Crippen molar-refractivity contribution in [1.82, 2.24) is 0 Å². The molecule has 0 radical (unpaired) electrons. The van der Waals surface area contributed by atoms with Crippen LogP contribution < -0.4 is 5.73 Å². The maximum absolute atomic E-state index is 6.28. The zero-order valence-corrected chi connectivity index (χ0v) is 10.5. The van der Waals surface area contributed by atoms with Gasteiger partial charge in [-0.05, 0) is 37.8 Å². The lowest BCUT2D eigenvalue weighted by Gasteiger charge is -2.20. The van der Waals surface area contributed by atoms with Crippen LogP contribution in [0.1, 0.15) is 47.8 Å². The lowest BCUT2D eigenvalue weighted by atomic mass is 9.88. The molecule has 0 saturated heterocycles. The van der Waals surface area contributed by atoms with E-state index in [1.54, 1.807) is 0 Å². The SMILES string of the molecule is NCCc1cc(Cl)c(C2CCCCC2)s1. The van der Waals surface area contributed by atoms with Crippen LogP contribution in [0.4, 0.5) is 0 Å². The van der Waals surface area contributed by atoms with Crippen LogP contribution in [-0.4, -0.2) is 6.54 Å². The van der Waals surface area contributed by atoms with E-state index >= 15 is 0 Å². The van der Waals surface area contributed by atoms with Gasteiger partial charge in [-0.1, -0.05) is 30.9 Å². The van der Waals surface area contributed by atoms with Crippen molar-refractivity contribution in [1.29, 1.82) is 0 Å². The van der Waals surface area contributed by atoms with E-state index in [0.29, 0.717) is 0 Å². The van der Waals surface area contributed by atoms with Crippen LogP contribution in [0.25, 0.3) is 0 Å². The van der Waals surface area contributed by atoms with Gasteiger partial charge in [0.1, 0.15) is 0 Å². The Bertz CT molecular complexity index is 315. The van der Waals surface area contributed by atoms with Crippen LogP contribution >= 0.6 is 22.9 Å². The van der Waals surface area contributed by atoms with Crippen molar-refractivity contribution in [2.45, 2.75) is 44.4 Å². The second-order valence-corrected chi connectivity index (χ2v) is 5.87. The Balaban J connectivity index is 2.11. The zero-order chi connectivity index (χ0) is 10.7. The van der Waals surface area contributed by atoms with Gasteiger partial charge in [0.15, 0.2) is 0 Å². The largest absolute Gasteiger partial charge is 0.330 e. The fourth-order valence-electron chi connectivity index (χ4n) is 2.34. The number of thiophene rings is 1. The number of rotatable bonds is 3. The van der Waals surface area contributed by atoms with Gasteiger partial charge < -0.3 is 5.73 Å². The van der Waals surface area contributed by atoms with Gasteiger partial charge in [0.2, 0.25) is 0 Å². The smallest absolute Gasteiger partial charge is 0.0550 e. The molecule has 0 unspecified atom stereocenters. The summed E-state index contributed by atoms with van der Waals surface area (Å²) in [7, 11) is 0. The van der Waals surface area contributed by atoms with E-state index in [9.17, 15) is 0 Å². The summed E-state index contributed by atoms with van der Waals surface area (Å²) in [6, 6.07) is 2.11. The molecular weight excluding hydrogens is 226 g/mol. The molecule has 1 aromatic rings. The predicted octanol–water partition coefficient (Wildman–Crippen LogP) is 3.95. The molecular formula is C12H18ClNS. The highest BCUT2D eigenvalue weighted by atomic mass is 35.5. The van der Waals surface area contributed by atoms with Crippen molar-refractivity contribution >= 4 is 22.9 Å². The average molecular weight is 244 g/mol. The quantitative estimate of drug-likeness (QED) is 0.855. The maximum Gasteiger partial charge on any atom is 0.0550 e.